The highest BCUT2D eigenvalue weighted by molar-refractivity contribution is 7.47. The number of rotatable bonds is 10. The molecule has 0 spiro atoms. The van der Waals surface area contributed by atoms with E-state index in [1.54, 1.807) is 0 Å². The monoisotopic (exact) mass is 603 g/mol. The van der Waals surface area contributed by atoms with E-state index in [1.165, 1.54) is 55.1 Å². The molecule has 5 atom stereocenters. The van der Waals surface area contributed by atoms with Gasteiger partial charge in [0.1, 0.15) is 30.2 Å². The van der Waals surface area contributed by atoms with Crippen LogP contribution in [0.5, 0.6) is 0 Å². The summed E-state index contributed by atoms with van der Waals surface area (Å²) in [7, 11) is -4.44. The summed E-state index contributed by atoms with van der Waals surface area (Å²) < 4.78 is 30.0. The molecule has 12 nitrogen and oxygen atoms in total. The molecule has 0 aliphatic carbocycles. The number of unbranched alkanes of at least 4 members (excludes halogenated alkanes) is 1. The fraction of sp³-hybridized carbons (Fsp3) is 0.300. The molecule has 6 aromatic rings. The van der Waals surface area contributed by atoms with E-state index >= 15 is 0 Å². The number of phosphoric acid groups is 1. The smallest absolute Gasteiger partial charge is 0.387 e. The summed E-state index contributed by atoms with van der Waals surface area (Å²) in [6.07, 6.45) is -0.256. The van der Waals surface area contributed by atoms with Gasteiger partial charge in [0.25, 0.3) is 0 Å². The van der Waals surface area contributed by atoms with Gasteiger partial charge in [0.2, 0.25) is 0 Å². The van der Waals surface area contributed by atoms with E-state index < -0.39 is 39.0 Å². The third kappa shape index (κ3) is 5.11. The summed E-state index contributed by atoms with van der Waals surface area (Å²) in [5.41, 5.74) is 7.66. The van der Waals surface area contributed by atoms with Crippen molar-refractivity contribution in [2.75, 3.05) is 18.9 Å². The van der Waals surface area contributed by atoms with Crippen molar-refractivity contribution >= 4 is 57.1 Å². The lowest BCUT2D eigenvalue weighted by molar-refractivity contribution is -0.0514. The fourth-order valence-corrected chi connectivity index (χ4v) is 6.74. The van der Waals surface area contributed by atoms with E-state index in [0.717, 1.165) is 12.8 Å². The Hall–Kier alpha value is -3.74. The number of aromatic nitrogens is 4. The number of aliphatic hydroxyl groups excluding tert-OH is 2. The lowest BCUT2D eigenvalue weighted by Crippen LogP contribution is -2.33. The predicted molar refractivity (Wildman–Crippen MR) is 160 cm³/mol. The Labute approximate surface area is 245 Å². The van der Waals surface area contributed by atoms with Crippen LogP contribution in [-0.2, 0) is 24.8 Å². The van der Waals surface area contributed by atoms with E-state index in [1.807, 2.05) is 0 Å². The molecule has 43 heavy (non-hydrogen) atoms. The van der Waals surface area contributed by atoms with E-state index in [0.29, 0.717) is 17.6 Å². The Morgan fingerprint density at radius 3 is 2.47 bits per heavy atom. The molecule has 4 aromatic carbocycles. The highest BCUT2D eigenvalue weighted by Crippen LogP contribution is 2.45. The van der Waals surface area contributed by atoms with E-state index in [4.69, 9.17) is 19.5 Å². The van der Waals surface area contributed by atoms with Gasteiger partial charge < -0.3 is 25.6 Å². The molecule has 0 radical (unpaired) electrons. The minimum absolute atomic E-state index is 0.0150. The molecule has 13 heteroatoms. The van der Waals surface area contributed by atoms with Crippen LogP contribution in [0.2, 0.25) is 0 Å². The van der Waals surface area contributed by atoms with Crippen LogP contribution in [0.3, 0.4) is 0 Å². The molecule has 1 fully saturated rings. The van der Waals surface area contributed by atoms with Gasteiger partial charge in [-0.3, -0.25) is 13.6 Å². The molecular formula is C30H30N5O7P. The topological polar surface area (TPSA) is 175 Å². The Morgan fingerprint density at radius 1 is 0.907 bits per heavy atom. The summed E-state index contributed by atoms with van der Waals surface area (Å²) in [5.74, 6) is 0.158. The van der Waals surface area contributed by atoms with E-state index in [2.05, 4.69) is 69.5 Å². The first-order valence-corrected chi connectivity index (χ1v) is 15.5. The Kier molecular flexibility index (Phi) is 7.22. The lowest BCUT2D eigenvalue weighted by Gasteiger charge is -2.18. The molecule has 5 N–H and O–H groups in total. The van der Waals surface area contributed by atoms with Gasteiger partial charge in [-0.2, -0.15) is 0 Å². The number of nitrogens with two attached hydrogens (primary N) is 1. The molecule has 1 unspecified atom stereocenters. The number of fused-ring (bicyclic) bond motifs is 1. The van der Waals surface area contributed by atoms with Gasteiger partial charge in [-0.05, 0) is 57.1 Å². The quantitative estimate of drug-likeness (QED) is 0.101. The maximum atomic E-state index is 12.5. The van der Waals surface area contributed by atoms with Gasteiger partial charge in [-0.1, -0.05) is 54.6 Å². The molecule has 1 aliphatic rings. The molecule has 222 valence electrons. The molecule has 3 heterocycles. The lowest BCUT2D eigenvalue weighted by atomic mass is 9.91. The number of hydrogen-bond acceptors (Lipinski definition) is 10. The first kappa shape index (κ1) is 28.1. The number of aliphatic hydroxyl groups is 2. The first-order chi connectivity index (χ1) is 20.8. The summed E-state index contributed by atoms with van der Waals surface area (Å²) >= 11 is 0. The van der Waals surface area contributed by atoms with Gasteiger partial charge >= 0.3 is 7.82 Å². The zero-order valence-corrected chi connectivity index (χ0v) is 23.9. The summed E-state index contributed by atoms with van der Waals surface area (Å²) in [5, 5.41) is 28.5. The second kappa shape index (κ2) is 11.1. The zero-order valence-electron chi connectivity index (χ0n) is 23.0. The molecule has 0 amide bonds. The molecule has 2 aromatic heterocycles. The second-order valence-corrected chi connectivity index (χ2v) is 12.2. The number of nitrogens with zero attached hydrogens (tertiary/aromatic N) is 4. The van der Waals surface area contributed by atoms with Crippen LogP contribution in [-0.4, -0.2) is 66.2 Å². The van der Waals surface area contributed by atoms with Crippen LogP contribution in [0.4, 0.5) is 5.82 Å². The Bertz CT molecular complexity index is 1970. The fourth-order valence-electron chi connectivity index (χ4n) is 5.97. The number of hydrogen-bond donors (Lipinski definition) is 4. The minimum atomic E-state index is -4.44. The van der Waals surface area contributed by atoms with Crippen LogP contribution in [0.15, 0.2) is 67.3 Å². The predicted octanol–water partition coefficient (Wildman–Crippen LogP) is 4.08. The maximum Gasteiger partial charge on any atom is 0.472 e. The molecule has 7 rings (SSSR count). The largest absolute Gasteiger partial charge is 0.472 e. The number of phosphoric ester groups is 1. The average Bonchev–Trinajstić information content (AvgIpc) is 3.56. The number of nitrogen functional groups attached to an aromatic ring is 1. The number of benzene rings is 4. The van der Waals surface area contributed by atoms with Crippen molar-refractivity contribution in [1.82, 2.24) is 19.5 Å². The normalized spacial score (nSPS) is 22.3. The second-order valence-electron chi connectivity index (χ2n) is 10.8. The van der Waals surface area contributed by atoms with Crippen molar-refractivity contribution in [3.8, 4) is 0 Å². The van der Waals surface area contributed by atoms with Crippen molar-refractivity contribution < 1.29 is 33.5 Å². The molecule has 1 aliphatic heterocycles. The summed E-state index contributed by atoms with van der Waals surface area (Å²) in [6, 6.07) is 19.3. The molecule has 0 saturated carbocycles. The van der Waals surface area contributed by atoms with Gasteiger partial charge in [-0.15, -0.1) is 0 Å². The number of imidazole rings is 1. The van der Waals surface area contributed by atoms with Crippen molar-refractivity contribution in [3.05, 3.63) is 72.8 Å². The average molecular weight is 604 g/mol. The SMILES string of the molecule is Nc1ncnc2c1ncn2[C@@H]1O[C@H](COP(=O)(O)OCCCCc2ccc3ccc4cccc5ccc2c3c45)[C@@H](O)[C@H]1O. The highest BCUT2D eigenvalue weighted by atomic mass is 31.2. The van der Waals surface area contributed by atoms with Crippen LogP contribution < -0.4 is 5.73 Å². The van der Waals surface area contributed by atoms with Crippen molar-refractivity contribution in [3.63, 3.8) is 0 Å². The van der Waals surface area contributed by atoms with Crippen molar-refractivity contribution in [1.29, 1.82) is 0 Å². The molecule has 1 saturated heterocycles. The third-order valence-corrected chi connectivity index (χ3v) is 9.10. The summed E-state index contributed by atoms with van der Waals surface area (Å²) in [6.45, 7) is -0.462. The van der Waals surface area contributed by atoms with E-state index in [9.17, 15) is 19.7 Å². The van der Waals surface area contributed by atoms with Gasteiger partial charge in [0, 0.05) is 0 Å². The maximum absolute atomic E-state index is 12.5. The third-order valence-electron chi connectivity index (χ3n) is 8.11. The van der Waals surface area contributed by atoms with Crippen molar-refractivity contribution in [2.45, 2.75) is 43.8 Å². The van der Waals surface area contributed by atoms with Gasteiger partial charge in [-0.25, -0.2) is 19.5 Å². The molecule has 0 bridgehead atoms. The number of aryl methyl sites for hydroxylation is 1. The van der Waals surface area contributed by atoms with Crippen LogP contribution >= 0.6 is 7.82 Å². The Morgan fingerprint density at radius 2 is 1.65 bits per heavy atom. The van der Waals surface area contributed by atoms with E-state index in [-0.39, 0.29) is 12.4 Å². The van der Waals surface area contributed by atoms with Gasteiger partial charge in [0.05, 0.1) is 19.5 Å². The van der Waals surface area contributed by atoms with Crippen LogP contribution in [0.25, 0.3) is 43.5 Å². The zero-order chi connectivity index (χ0) is 29.7. The summed E-state index contributed by atoms with van der Waals surface area (Å²) in [4.78, 5) is 22.4. The minimum Gasteiger partial charge on any atom is -0.387 e. The van der Waals surface area contributed by atoms with Crippen LogP contribution in [0, 0.1) is 0 Å². The molecular weight excluding hydrogens is 573 g/mol. The standard InChI is InChI=1S/C30H30N5O7P/c31-28-25-29(33-15-32-28)35(16-34-25)30-27(37)26(36)22(42-30)14-41-43(38,39)40-13-2-1-4-17-7-8-20-10-9-18-5-3-6-19-11-12-21(17)24(20)23(18)19/h3,5-12,15-16,22,26-27,30,36-37H,1-2,4,13-14H2,(H,38,39)(H2,31,32,33)/t22-,26-,27-,30-/m1/s1. The van der Waals surface area contributed by atoms with Crippen molar-refractivity contribution in [2.24, 2.45) is 0 Å². The van der Waals surface area contributed by atoms with Crippen LogP contribution in [0.1, 0.15) is 24.6 Å². The number of ether oxygens (including phenoxy) is 1. The first-order valence-electron chi connectivity index (χ1n) is 14.0. The highest BCUT2D eigenvalue weighted by Gasteiger charge is 2.45. The Balaban J connectivity index is 0.932. The van der Waals surface area contributed by atoms with Gasteiger partial charge in [0.15, 0.2) is 17.7 Å². The number of anilines is 1.